The number of alkyl halides is 3. The maximum Gasteiger partial charge on any atom is 0.429 e. The Kier molecular flexibility index (Phi) is 10.3. The molecule has 2 fully saturated rings. The fourth-order valence-electron chi connectivity index (χ4n) is 6.64. The Hall–Kier alpha value is -5.05. The minimum absolute atomic E-state index is 0.0590. The number of hydrogen-bond donors (Lipinski definition) is 1. The number of piperidine rings is 1. The zero-order chi connectivity index (χ0) is 36.3. The number of anilines is 2. The Bertz CT molecular complexity index is 1870. The molecule has 0 bridgehead atoms. The monoisotopic (exact) mass is 727 g/mol. The number of carbonyl (C=O) groups excluding carboxylic acids is 2. The highest BCUT2D eigenvalue weighted by Gasteiger charge is 2.51. The molecular weight excluding hydrogens is 691 g/mol. The lowest BCUT2D eigenvalue weighted by Gasteiger charge is -2.39. The van der Waals surface area contributed by atoms with Crippen LogP contribution in [0.4, 0.5) is 29.7 Å². The summed E-state index contributed by atoms with van der Waals surface area (Å²) in [6, 6.07) is 15.4. The molecule has 2 atom stereocenters. The van der Waals surface area contributed by atoms with Crippen molar-refractivity contribution in [1.82, 2.24) is 24.6 Å². The molecule has 270 valence electrons. The second-order valence-corrected chi connectivity index (χ2v) is 13.1. The van der Waals surface area contributed by atoms with E-state index in [1.165, 1.54) is 40.0 Å². The summed E-state index contributed by atoms with van der Waals surface area (Å²) in [4.78, 5) is 37.8. The predicted octanol–water partition coefficient (Wildman–Crippen LogP) is 6.45. The number of aromatic nitrogens is 4. The Labute approximate surface area is 297 Å². The molecule has 16 heteroatoms. The van der Waals surface area contributed by atoms with E-state index in [-0.39, 0.29) is 53.7 Å². The molecule has 1 spiro atoms. The van der Waals surface area contributed by atoms with Gasteiger partial charge < -0.3 is 24.8 Å². The summed E-state index contributed by atoms with van der Waals surface area (Å²) in [6.07, 6.45) is -4.88. The maximum absolute atomic E-state index is 14.6. The molecule has 2 aromatic carbocycles. The first-order valence-electron chi connectivity index (χ1n) is 16.4. The third-order valence-electron chi connectivity index (χ3n) is 9.14. The van der Waals surface area contributed by atoms with E-state index in [9.17, 15) is 22.8 Å². The number of nitrogens with zero attached hydrogens (tertiary/aromatic N) is 6. The van der Waals surface area contributed by atoms with Crippen LogP contribution in [0.15, 0.2) is 66.9 Å². The maximum atomic E-state index is 14.6. The van der Waals surface area contributed by atoms with E-state index in [2.05, 4.69) is 15.1 Å². The van der Waals surface area contributed by atoms with Gasteiger partial charge in [-0.25, -0.2) is 14.3 Å². The molecule has 0 saturated carbocycles. The van der Waals surface area contributed by atoms with Crippen LogP contribution in [0, 0.1) is 12.3 Å². The molecule has 2 N–H and O–H groups in total. The molecule has 4 heterocycles. The third kappa shape index (κ3) is 8.14. The molecule has 2 aliphatic rings. The summed E-state index contributed by atoms with van der Waals surface area (Å²) in [6.45, 7) is 4.76. The third-order valence-corrected chi connectivity index (χ3v) is 9.38. The van der Waals surface area contributed by atoms with Crippen LogP contribution in [-0.4, -0.2) is 75.2 Å². The van der Waals surface area contributed by atoms with Crippen LogP contribution in [0.2, 0.25) is 5.02 Å². The summed E-state index contributed by atoms with van der Waals surface area (Å²) in [5, 5.41) is 4.49. The summed E-state index contributed by atoms with van der Waals surface area (Å²) >= 11 is 6.17. The van der Waals surface area contributed by atoms with E-state index in [0.29, 0.717) is 38.0 Å². The van der Waals surface area contributed by atoms with Gasteiger partial charge in [0.05, 0.1) is 18.0 Å². The van der Waals surface area contributed by atoms with Crippen LogP contribution in [0.5, 0.6) is 5.88 Å². The first kappa shape index (κ1) is 35.8. The van der Waals surface area contributed by atoms with Gasteiger partial charge in [-0.05, 0) is 62.3 Å². The largest absolute Gasteiger partial charge is 0.464 e. The number of nitrogens with two attached hydrogens (primary N) is 1. The van der Waals surface area contributed by atoms with Crippen LogP contribution < -0.4 is 15.4 Å². The van der Waals surface area contributed by atoms with Gasteiger partial charge in [0.2, 0.25) is 17.9 Å². The quantitative estimate of drug-likeness (QED) is 0.192. The smallest absolute Gasteiger partial charge is 0.429 e. The first-order valence-corrected chi connectivity index (χ1v) is 16.8. The Balaban J connectivity index is 1.19. The number of esters is 1. The van der Waals surface area contributed by atoms with Crippen molar-refractivity contribution in [3.63, 3.8) is 0 Å². The van der Waals surface area contributed by atoms with Gasteiger partial charge in [0.15, 0.2) is 0 Å². The lowest BCUT2D eigenvalue weighted by atomic mass is 9.76. The molecule has 12 nitrogen and oxygen atoms in total. The van der Waals surface area contributed by atoms with Crippen molar-refractivity contribution in [3.8, 4) is 11.6 Å². The SMILES string of the molecule is CCOC(=O)C1CC2(CCN(c3cc(O[C@@H](c4ccc(Cl)cc4-n4ccc(C)n4)C(F)(F)F)nc(N)n3)CC2)CN1C(=O)OCc1ccccc1. The summed E-state index contributed by atoms with van der Waals surface area (Å²) in [7, 11) is 0. The van der Waals surface area contributed by atoms with E-state index in [0.717, 1.165) is 5.56 Å². The normalized spacial score (nSPS) is 17.7. The average Bonchev–Trinajstić information content (AvgIpc) is 3.70. The van der Waals surface area contributed by atoms with Gasteiger partial charge in [0.25, 0.3) is 0 Å². The van der Waals surface area contributed by atoms with Gasteiger partial charge in [-0.3, -0.25) is 4.90 Å². The number of ether oxygens (including phenoxy) is 3. The molecule has 2 aromatic heterocycles. The van der Waals surface area contributed by atoms with Gasteiger partial charge >= 0.3 is 18.2 Å². The van der Waals surface area contributed by atoms with E-state index < -0.39 is 35.8 Å². The highest BCUT2D eigenvalue weighted by molar-refractivity contribution is 6.30. The van der Waals surface area contributed by atoms with Crippen LogP contribution in [0.25, 0.3) is 5.69 Å². The number of hydrogen-bond acceptors (Lipinski definition) is 10. The van der Waals surface area contributed by atoms with Gasteiger partial charge in [0.1, 0.15) is 18.5 Å². The van der Waals surface area contributed by atoms with Crippen molar-refractivity contribution >= 4 is 35.4 Å². The molecule has 0 radical (unpaired) electrons. The zero-order valence-electron chi connectivity index (χ0n) is 28.0. The second kappa shape index (κ2) is 14.7. The van der Waals surface area contributed by atoms with Gasteiger partial charge in [-0.1, -0.05) is 48.0 Å². The number of amides is 1. The number of carbonyl (C=O) groups is 2. The minimum atomic E-state index is -4.85. The van der Waals surface area contributed by atoms with Crippen molar-refractivity contribution in [3.05, 3.63) is 88.7 Å². The molecule has 2 saturated heterocycles. The fraction of sp³-hybridized carbons (Fsp3) is 0.400. The second-order valence-electron chi connectivity index (χ2n) is 12.7. The summed E-state index contributed by atoms with van der Waals surface area (Å²) < 4.78 is 61.7. The number of likely N-dealkylation sites (tertiary alicyclic amines) is 1. The van der Waals surface area contributed by atoms with Gasteiger partial charge in [-0.15, -0.1) is 0 Å². The summed E-state index contributed by atoms with van der Waals surface area (Å²) in [5.41, 5.74) is 6.87. The van der Waals surface area contributed by atoms with Crippen molar-refractivity contribution < 1.29 is 37.0 Å². The van der Waals surface area contributed by atoms with E-state index >= 15 is 0 Å². The molecule has 51 heavy (non-hydrogen) atoms. The Morgan fingerprint density at radius 2 is 1.80 bits per heavy atom. The number of rotatable bonds is 9. The van der Waals surface area contributed by atoms with Crippen LogP contribution in [0.1, 0.15) is 49.1 Å². The van der Waals surface area contributed by atoms with Crippen molar-refractivity contribution in [2.24, 2.45) is 5.41 Å². The zero-order valence-corrected chi connectivity index (χ0v) is 28.7. The molecule has 6 rings (SSSR count). The fourth-order valence-corrected chi connectivity index (χ4v) is 6.80. The Morgan fingerprint density at radius 1 is 1.06 bits per heavy atom. The van der Waals surface area contributed by atoms with E-state index in [4.69, 9.17) is 31.5 Å². The minimum Gasteiger partial charge on any atom is -0.464 e. The standard InChI is InChI=1S/C35H37ClF3N7O5/c1-3-49-31(47)27-19-34(21-45(27)33(48)50-20-23-7-5-4-6-8-23)12-15-44(16-13-34)28-18-29(42-32(40)41-28)51-30(35(37,38)39)25-10-9-24(36)17-26(25)46-14-11-22(2)43-46/h4-11,14,17-18,27,30H,3,12-13,15-16,19-21H2,1-2H3,(H2,40,41,42)/t27?,30-/m0/s1. The molecule has 4 aromatic rings. The molecule has 2 aliphatic heterocycles. The highest BCUT2D eigenvalue weighted by Crippen LogP contribution is 2.45. The molecule has 1 amide bonds. The average molecular weight is 728 g/mol. The number of benzene rings is 2. The first-order chi connectivity index (χ1) is 24.3. The van der Waals surface area contributed by atoms with Crippen LogP contribution >= 0.6 is 11.6 Å². The van der Waals surface area contributed by atoms with Crippen molar-refractivity contribution in [2.45, 2.75) is 58.0 Å². The lowest BCUT2D eigenvalue weighted by molar-refractivity contribution is -0.198. The topological polar surface area (TPSA) is 138 Å². The highest BCUT2D eigenvalue weighted by atomic mass is 35.5. The molecule has 1 unspecified atom stereocenters. The number of halogens is 4. The van der Waals surface area contributed by atoms with E-state index in [1.54, 1.807) is 19.9 Å². The number of nitrogen functional groups attached to an aromatic ring is 1. The van der Waals surface area contributed by atoms with Gasteiger partial charge in [-0.2, -0.15) is 28.2 Å². The summed E-state index contributed by atoms with van der Waals surface area (Å²) in [5.74, 6) is -0.845. The van der Waals surface area contributed by atoms with E-state index in [1.807, 2.05) is 35.2 Å². The number of aryl methyl sites for hydroxylation is 1. The van der Waals surface area contributed by atoms with Crippen LogP contribution in [-0.2, 0) is 20.9 Å². The lowest BCUT2D eigenvalue weighted by Crippen LogP contribution is -2.43. The van der Waals surface area contributed by atoms with Gasteiger partial charge in [0, 0.05) is 42.5 Å². The molecular formula is C35H37ClF3N7O5. The van der Waals surface area contributed by atoms with Crippen LogP contribution in [0.3, 0.4) is 0 Å². The van der Waals surface area contributed by atoms with Crippen molar-refractivity contribution in [2.75, 3.05) is 36.9 Å². The Morgan fingerprint density at radius 3 is 2.47 bits per heavy atom. The molecule has 0 aliphatic carbocycles. The van der Waals surface area contributed by atoms with Crippen molar-refractivity contribution in [1.29, 1.82) is 0 Å². The predicted molar refractivity (Wildman–Crippen MR) is 181 cm³/mol.